The van der Waals surface area contributed by atoms with Gasteiger partial charge in [-0.2, -0.15) is 0 Å². The van der Waals surface area contributed by atoms with Crippen LogP contribution in [0, 0.1) is 0 Å². The van der Waals surface area contributed by atoms with E-state index in [1.807, 2.05) is 72.9 Å². The number of esters is 3. The summed E-state index contributed by atoms with van der Waals surface area (Å²) in [5.41, 5.74) is 0. The molecule has 0 aromatic carbocycles. The Morgan fingerprint density at radius 1 is 0.375 bits per heavy atom. The van der Waals surface area contributed by atoms with Gasteiger partial charge in [0.15, 0.2) is 6.10 Å². The molecule has 6 nitrogen and oxygen atoms in total. The first-order valence-corrected chi connectivity index (χ1v) is 21.3. The molecule has 6 heteroatoms. The first-order valence-electron chi connectivity index (χ1n) is 21.3. The van der Waals surface area contributed by atoms with Gasteiger partial charge in [-0.1, -0.05) is 167 Å². The van der Waals surface area contributed by atoms with Crippen LogP contribution in [0.2, 0.25) is 0 Å². The topological polar surface area (TPSA) is 78.9 Å². The summed E-state index contributed by atoms with van der Waals surface area (Å²) < 4.78 is 16.6. The zero-order valence-corrected chi connectivity index (χ0v) is 35.1. The molecule has 0 saturated carbocycles. The molecule has 0 aliphatic carbocycles. The number of unbranched alkanes of at least 4 members (excludes halogenated alkanes) is 8. The fourth-order valence-electron chi connectivity index (χ4n) is 4.94. The summed E-state index contributed by atoms with van der Waals surface area (Å²) in [7, 11) is 0. The van der Waals surface area contributed by atoms with Crippen LogP contribution >= 0.6 is 0 Å². The predicted molar refractivity (Wildman–Crippen MR) is 237 cm³/mol. The van der Waals surface area contributed by atoms with Crippen molar-refractivity contribution >= 4 is 17.9 Å². The highest BCUT2D eigenvalue weighted by Crippen LogP contribution is 2.10. The lowest BCUT2D eigenvalue weighted by Crippen LogP contribution is -2.30. The van der Waals surface area contributed by atoms with Crippen LogP contribution in [0.5, 0.6) is 0 Å². The number of carbonyl (C=O) groups is 3. The molecule has 310 valence electrons. The molecular formula is C50H74O6. The summed E-state index contributed by atoms with van der Waals surface area (Å²) in [6, 6.07) is 0. The SMILES string of the molecule is CC\C=C/C=C\C=C/C=C\CCCCCC(=O)OCC(COC(=O)CCCC/C=C\C/C=C\C/C=C\CC)OC(=O)CCCCC\C=C/C=C\C=C/C=C\CC. The van der Waals surface area contributed by atoms with Crippen LogP contribution < -0.4 is 0 Å². The third-order valence-electron chi connectivity index (χ3n) is 8.07. The second-order valence-corrected chi connectivity index (χ2v) is 13.3. The molecule has 1 unspecified atom stereocenters. The number of hydrogen-bond acceptors (Lipinski definition) is 6. The average Bonchev–Trinajstić information content (AvgIpc) is 3.19. The number of hydrogen-bond donors (Lipinski definition) is 0. The van der Waals surface area contributed by atoms with E-state index < -0.39 is 6.10 Å². The molecule has 0 heterocycles. The van der Waals surface area contributed by atoms with Crippen molar-refractivity contribution in [3.8, 4) is 0 Å². The minimum Gasteiger partial charge on any atom is -0.462 e. The van der Waals surface area contributed by atoms with E-state index in [-0.39, 0.29) is 44.0 Å². The van der Waals surface area contributed by atoms with Crippen LogP contribution in [0.15, 0.2) is 134 Å². The largest absolute Gasteiger partial charge is 0.462 e. The van der Waals surface area contributed by atoms with Gasteiger partial charge in [0.1, 0.15) is 13.2 Å². The molecule has 0 aromatic heterocycles. The third kappa shape index (κ3) is 40.7. The minimum absolute atomic E-state index is 0.133. The van der Waals surface area contributed by atoms with E-state index in [2.05, 4.69) is 81.5 Å². The number of ether oxygens (including phenoxy) is 3. The molecule has 0 aliphatic rings. The molecule has 0 saturated heterocycles. The number of allylic oxidation sites excluding steroid dienone is 22. The number of carbonyl (C=O) groups excluding carboxylic acids is 3. The van der Waals surface area contributed by atoms with Crippen molar-refractivity contribution in [3.05, 3.63) is 134 Å². The molecule has 56 heavy (non-hydrogen) atoms. The van der Waals surface area contributed by atoms with Crippen molar-refractivity contribution in [3.63, 3.8) is 0 Å². The Balaban J connectivity index is 4.63. The molecule has 0 radical (unpaired) electrons. The second-order valence-electron chi connectivity index (χ2n) is 13.3. The van der Waals surface area contributed by atoms with Crippen molar-refractivity contribution in [2.45, 2.75) is 149 Å². The van der Waals surface area contributed by atoms with Crippen molar-refractivity contribution in [2.75, 3.05) is 13.2 Å². The van der Waals surface area contributed by atoms with Crippen molar-refractivity contribution in [1.29, 1.82) is 0 Å². The van der Waals surface area contributed by atoms with Crippen LogP contribution in [-0.2, 0) is 28.6 Å². The molecule has 0 N–H and O–H groups in total. The fourth-order valence-corrected chi connectivity index (χ4v) is 4.94. The van der Waals surface area contributed by atoms with E-state index in [1.165, 1.54) is 0 Å². The first kappa shape index (κ1) is 51.5. The van der Waals surface area contributed by atoms with Gasteiger partial charge < -0.3 is 14.2 Å². The summed E-state index contributed by atoms with van der Waals surface area (Å²) >= 11 is 0. The highest BCUT2D eigenvalue weighted by Gasteiger charge is 2.19. The smallest absolute Gasteiger partial charge is 0.306 e. The fraction of sp³-hybridized carbons (Fsp3) is 0.500. The number of rotatable bonds is 35. The summed E-state index contributed by atoms with van der Waals surface area (Å²) in [5.74, 6) is -1.07. The molecular weight excluding hydrogens is 697 g/mol. The Kier molecular flexibility index (Phi) is 39.8. The maximum atomic E-state index is 12.7. The van der Waals surface area contributed by atoms with E-state index in [9.17, 15) is 14.4 Å². The van der Waals surface area contributed by atoms with Gasteiger partial charge in [0.05, 0.1) is 0 Å². The van der Waals surface area contributed by atoms with E-state index in [0.717, 1.165) is 89.9 Å². The summed E-state index contributed by atoms with van der Waals surface area (Å²) in [6.45, 7) is 6.08. The summed E-state index contributed by atoms with van der Waals surface area (Å²) in [5, 5.41) is 0. The highest BCUT2D eigenvalue weighted by molar-refractivity contribution is 5.71. The lowest BCUT2D eigenvalue weighted by molar-refractivity contribution is -0.167. The van der Waals surface area contributed by atoms with Gasteiger partial charge in [-0.25, -0.2) is 0 Å². The monoisotopic (exact) mass is 771 g/mol. The lowest BCUT2D eigenvalue weighted by atomic mass is 10.1. The van der Waals surface area contributed by atoms with Crippen molar-refractivity contribution < 1.29 is 28.6 Å². The second kappa shape index (κ2) is 43.3. The molecule has 0 bridgehead atoms. The Hall–Kier alpha value is -4.45. The zero-order valence-electron chi connectivity index (χ0n) is 35.1. The summed E-state index contributed by atoms with van der Waals surface area (Å²) in [6.07, 6.45) is 60.1. The van der Waals surface area contributed by atoms with Crippen LogP contribution in [0.1, 0.15) is 143 Å². The molecule has 0 spiro atoms. The first-order chi connectivity index (χ1) is 27.5. The van der Waals surface area contributed by atoms with Gasteiger partial charge in [0.2, 0.25) is 0 Å². The molecule has 0 rings (SSSR count). The highest BCUT2D eigenvalue weighted by atomic mass is 16.6. The molecule has 0 amide bonds. The summed E-state index contributed by atoms with van der Waals surface area (Å²) in [4.78, 5) is 37.7. The van der Waals surface area contributed by atoms with Gasteiger partial charge in [-0.15, -0.1) is 0 Å². The standard InChI is InChI=1S/C50H74O6/c1-4-7-10-13-16-19-22-25-28-31-34-37-40-43-49(52)55-46-47(45-54-48(51)42-39-36-33-30-27-24-21-18-15-12-9-6-3)56-50(53)44-41-38-35-32-29-26-23-20-17-14-11-8-5-2/h7-14,16-23,25-30,47H,4-6,15,24,31-46H2,1-3H3/b10-7-,11-8-,12-9-,16-13-,17-14-,21-18-,22-19-,23-20-,28-25-,29-26-,30-27-. The van der Waals surface area contributed by atoms with Crippen molar-refractivity contribution in [2.24, 2.45) is 0 Å². The van der Waals surface area contributed by atoms with Crippen LogP contribution in [-0.4, -0.2) is 37.2 Å². The van der Waals surface area contributed by atoms with E-state index in [0.29, 0.717) is 19.3 Å². The van der Waals surface area contributed by atoms with Crippen LogP contribution in [0.4, 0.5) is 0 Å². The molecule has 1 atom stereocenters. The Bertz CT molecular complexity index is 1300. The normalized spacial score (nSPS) is 13.4. The molecule has 0 fully saturated rings. The average molecular weight is 771 g/mol. The van der Waals surface area contributed by atoms with Gasteiger partial charge in [-0.05, 0) is 89.9 Å². The molecule has 0 aliphatic heterocycles. The van der Waals surface area contributed by atoms with E-state index in [4.69, 9.17) is 14.2 Å². The van der Waals surface area contributed by atoms with Crippen molar-refractivity contribution in [1.82, 2.24) is 0 Å². The zero-order chi connectivity index (χ0) is 40.8. The van der Waals surface area contributed by atoms with Gasteiger partial charge in [-0.3, -0.25) is 14.4 Å². The lowest BCUT2D eigenvalue weighted by Gasteiger charge is -2.18. The Morgan fingerprint density at radius 3 is 1.21 bits per heavy atom. The molecule has 0 aromatic rings. The van der Waals surface area contributed by atoms with Crippen LogP contribution in [0.25, 0.3) is 0 Å². The van der Waals surface area contributed by atoms with Gasteiger partial charge in [0.25, 0.3) is 0 Å². The predicted octanol–water partition coefficient (Wildman–Crippen LogP) is 13.6. The van der Waals surface area contributed by atoms with E-state index in [1.54, 1.807) is 0 Å². The maximum Gasteiger partial charge on any atom is 0.306 e. The minimum atomic E-state index is -0.833. The third-order valence-corrected chi connectivity index (χ3v) is 8.07. The van der Waals surface area contributed by atoms with Gasteiger partial charge in [0, 0.05) is 19.3 Å². The van der Waals surface area contributed by atoms with Crippen LogP contribution in [0.3, 0.4) is 0 Å². The van der Waals surface area contributed by atoms with Gasteiger partial charge >= 0.3 is 17.9 Å². The van der Waals surface area contributed by atoms with E-state index >= 15 is 0 Å². The Labute approximate surface area is 341 Å². The maximum absolute atomic E-state index is 12.7. The quantitative estimate of drug-likeness (QED) is 0.0210. The Morgan fingerprint density at radius 2 is 0.732 bits per heavy atom.